The van der Waals surface area contributed by atoms with E-state index in [1.54, 1.807) is 0 Å². The third-order valence-electron chi connectivity index (χ3n) is 1.71. The van der Waals surface area contributed by atoms with Gasteiger partial charge in [-0.2, -0.15) is 0 Å². The second kappa shape index (κ2) is 1.20. The Morgan fingerprint density at radius 3 is 2.71 bits per heavy atom. The molecule has 0 aromatic rings. The van der Waals surface area contributed by atoms with Gasteiger partial charge in [-0.05, 0) is 6.42 Å². The van der Waals surface area contributed by atoms with Gasteiger partial charge < -0.3 is 10.1 Å². The van der Waals surface area contributed by atoms with Crippen molar-refractivity contribution in [2.75, 3.05) is 13.2 Å². The number of rotatable bonds is 0. The summed E-state index contributed by atoms with van der Waals surface area (Å²) >= 11 is 0. The van der Waals surface area contributed by atoms with Gasteiger partial charge in [-0.3, -0.25) is 0 Å². The Morgan fingerprint density at radius 2 is 2.57 bits per heavy atom. The Hall–Kier alpha value is -0.0800. The Morgan fingerprint density at radius 1 is 1.57 bits per heavy atom. The van der Waals surface area contributed by atoms with Gasteiger partial charge in [0.1, 0.15) is 0 Å². The van der Waals surface area contributed by atoms with E-state index in [1.165, 1.54) is 6.42 Å². The van der Waals surface area contributed by atoms with Crippen molar-refractivity contribution in [1.29, 1.82) is 0 Å². The average Bonchev–Trinajstić information content (AvgIpc) is 2.22. The predicted molar refractivity (Wildman–Crippen MR) is 26.1 cm³/mol. The molecule has 2 nitrogen and oxygen atoms in total. The average molecular weight is 99.1 g/mol. The van der Waals surface area contributed by atoms with E-state index in [4.69, 9.17) is 4.74 Å². The van der Waals surface area contributed by atoms with Crippen LogP contribution in [0, 0.1) is 0 Å². The zero-order valence-corrected chi connectivity index (χ0v) is 4.18. The van der Waals surface area contributed by atoms with Gasteiger partial charge in [-0.25, -0.2) is 0 Å². The van der Waals surface area contributed by atoms with Crippen LogP contribution in [0.4, 0.5) is 0 Å². The van der Waals surface area contributed by atoms with Crippen LogP contribution in [-0.2, 0) is 4.74 Å². The molecule has 0 spiro atoms. The maximum atomic E-state index is 5.29. The minimum atomic E-state index is 0.560. The maximum absolute atomic E-state index is 5.29. The van der Waals surface area contributed by atoms with Gasteiger partial charge in [0.05, 0.1) is 12.7 Å². The van der Waals surface area contributed by atoms with E-state index >= 15 is 0 Å². The lowest BCUT2D eigenvalue weighted by Gasteiger charge is -2.09. The first-order valence-electron chi connectivity index (χ1n) is 2.80. The number of hydrogen-bond donors (Lipinski definition) is 1. The van der Waals surface area contributed by atoms with Crippen LogP contribution in [0.15, 0.2) is 0 Å². The van der Waals surface area contributed by atoms with E-state index < -0.39 is 0 Å². The molecule has 1 N–H and O–H groups in total. The van der Waals surface area contributed by atoms with Crippen molar-refractivity contribution in [2.45, 2.75) is 18.6 Å². The van der Waals surface area contributed by atoms with Crippen LogP contribution in [0.25, 0.3) is 0 Å². The van der Waals surface area contributed by atoms with E-state index in [0.717, 1.165) is 13.2 Å². The quantitative estimate of drug-likeness (QED) is 0.452. The van der Waals surface area contributed by atoms with E-state index in [2.05, 4.69) is 5.32 Å². The largest absolute Gasteiger partial charge is 0.375 e. The number of ether oxygens (including phenoxy) is 1. The lowest BCUT2D eigenvalue weighted by atomic mass is 10.3. The molecule has 2 heteroatoms. The normalized spacial score (nSPS) is 48.0. The first kappa shape index (κ1) is 3.87. The Bertz CT molecular complexity index is 66.1. The van der Waals surface area contributed by atoms with E-state index in [0.29, 0.717) is 12.1 Å². The second-order valence-electron chi connectivity index (χ2n) is 2.30. The summed E-state index contributed by atoms with van der Waals surface area (Å²) in [6.07, 6.45) is 1.81. The molecule has 0 saturated carbocycles. The van der Waals surface area contributed by atoms with E-state index in [1.807, 2.05) is 0 Å². The minimum Gasteiger partial charge on any atom is -0.375 e. The molecule has 2 rings (SSSR count). The van der Waals surface area contributed by atoms with Crippen molar-refractivity contribution < 1.29 is 4.74 Å². The molecule has 0 unspecified atom stereocenters. The third-order valence-corrected chi connectivity index (χ3v) is 1.71. The summed E-state index contributed by atoms with van der Waals surface area (Å²) in [6, 6.07) is 0.699. The zero-order valence-electron chi connectivity index (χ0n) is 4.18. The number of hydrogen-bond acceptors (Lipinski definition) is 2. The van der Waals surface area contributed by atoms with Crippen LogP contribution in [0.2, 0.25) is 0 Å². The van der Waals surface area contributed by atoms with Crippen LogP contribution in [0.5, 0.6) is 0 Å². The van der Waals surface area contributed by atoms with Crippen molar-refractivity contribution in [3.8, 4) is 0 Å². The first-order valence-corrected chi connectivity index (χ1v) is 2.80. The van der Waals surface area contributed by atoms with Gasteiger partial charge in [-0.1, -0.05) is 0 Å². The van der Waals surface area contributed by atoms with Crippen molar-refractivity contribution in [2.24, 2.45) is 0 Å². The Labute approximate surface area is 42.9 Å². The molecule has 7 heavy (non-hydrogen) atoms. The standard InChI is InChI=1S/C5H9NO/c1-4-3-7-5(1)2-6-4/h4-6H,1-3H2/t4-,5+/m0/s1. The predicted octanol–water partition coefficient (Wildman–Crippen LogP) is -0.253. The number of fused-ring (bicyclic) bond motifs is 2. The molecular weight excluding hydrogens is 90.1 g/mol. The van der Waals surface area contributed by atoms with Crippen molar-refractivity contribution in [1.82, 2.24) is 5.32 Å². The molecule has 2 bridgehead atoms. The second-order valence-corrected chi connectivity index (χ2v) is 2.30. The number of nitrogens with one attached hydrogen (secondary N) is 1. The fraction of sp³-hybridized carbons (Fsp3) is 1.00. The minimum absolute atomic E-state index is 0.560. The Kier molecular flexibility index (Phi) is 0.664. The third kappa shape index (κ3) is 0.469. The van der Waals surface area contributed by atoms with E-state index in [-0.39, 0.29) is 0 Å². The smallest absolute Gasteiger partial charge is 0.0716 e. The van der Waals surface area contributed by atoms with Crippen molar-refractivity contribution >= 4 is 0 Å². The molecule has 2 saturated heterocycles. The molecule has 0 aromatic heterocycles. The van der Waals surface area contributed by atoms with Crippen LogP contribution in [-0.4, -0.2) is 25.3 Å². The molecule has 0 aromatic carbocycles. The van der Waals surface area contributed by atoms with Crippen LogP contribution < -0.4 is 5.32 Å². The van der Waals surface area contributed by atoms with Crippen molar-refractivity contribution in [3.05, 3.63) is 0 Å². The molecule has 0 aliphatic carbocycles. The molecule has 2 fully saturated rings. The molecule has 2 aliphatic heterocycles. The fourth-order valence-electron chi connectivity index (χ4n) is 1.29. The summed E-state index contributed by atoms with van der Waals surface area (Å²) < 4.78 is 5.29. The highest BCUT2D eigenvalue weighted by Gasteiger charge is 2.31. The highest BCUT2D eigenvalue weighted by atomic mass is 16.5. The van der Waals surface area contributed by atoms with Crippen molar-refractivity contribution in [3.63, 3.8) is 0 Å². The molecule has 40 valence electrons. The lowest BCUT2D eigenvalue weighted by Crippen LogP contribution is -2.30. The van der Waals surface area contributed by atoms with Gasteiger partial charge in [0.15, 0.2) is 0 Å². The molecule has 2 aliphatic rings. The van der Waals surface area contributed by atoms with Gasteiger partial charge in [-0.15, -0.1) is 0 Å². The number of morpholine rings is 1. The first-order chi connectivity index (χ1) is 3.45. The summed E-state index contributed by atoms with van der Waals surface area (Å²) in [5, 5.41) is 3.33. The lowest BCUT2D eigenvalue weighted by molar-refractivity contribution is 0.0892. The van der Waals surface area contributed by atoms with E-state index in [9.17, 15) is 0 Å². The Balaban J connectivity index is 2.12. The molecule has 2 heterocycles. The topological polar surface area (TPSA) is 21.3 Å². The summed E-state index contributed by atoms with van der Waals surface area (Å²) in [4.78, 5) is 0. The van der Waals surface area contributed by atoms with Crippen LogP contribution in [0.1, 0.15) is 6.42 Å². The highest BCUT2D eigenvalue weighted by Crippen LogP contribution is 2.17. The fourth-order valence-corrected chi connectivity index (χ4v) is 1.29. The maximum Gasteiger partial charge on any atom is 0.0716 e. The van der Waals surface area contributed by atoms with Gasteiger partial charge in [0.2, 0.25) is 0 Å². The summed E-state index contributed by atoms with van der Waals surface area (Å²) in [6.45, 7) is 2.04. The zero-order chi connectivity index (χ0) is 4.69. The molecule has 2 atom stereocenters. The molecule has 0 amide bonds. The van der Waals surface area contributed by atoms with Gasteiger partial charge >= 0.3 is 0 Å². The van der Waals surface area contributed by atoms with Gasteiger partial charge in [0, 0.05) is 12.6 Å². The SMILES string of the molecule is C1O[C@H]2CN[C@H]1C2. The summed E-state index contributed by atoms with van der Waals surface area (Å²) in [7, 11) is 0. The van der Waals surface area contributed by atoms with Gasteiger partial charge in [0.25, 0.3) is 0 Å². The summed E-state index contributed by atoms with van der Waals surface area (Å²) in [5.41, 5.74) is 0. The monoisotopic (exact) mass is 99.1 g/mol. The highest BCUT2D eigenvalue weighted by molar-refractivity contribution is 4.87. The summed E-state index contributed by atoms with van der Waals surface area (Å²) in [5.74, 6) is 0. The molecular formula is C5H9NO. The van der Waals surface area contributed by atoms with Crippen LogP contribution in [0.3, 0.4) is 0 Å². The van der Waals surface area contributed by atoms with Crippen LogP contribution >= 0.6 is 0 Å². The molecule has 0 radical (unpaired) electrons.